The molecule has 0 aliphatic carbocycles. The Kier molecular flexibility index (Phi) is 4.69. The zero-order valence-electron chi connectivity index (χ0n) is 8.49. The van der Waals surface area contributed by atoms with Gasteiger partial charge in [0.2, 0.25) is 0 Å². The van der Waals surface area contributed by atoms with Gasteiger partial charge < -0.3 is 0 Å². The molecule has 1 rings (SSSR count). The maximum atomic E-state index is 9.98. The van der Waals surface area contributed by atoms with E-state index in [1.54, 1.807) is 0 Å². The maximum Gasteiger partial charge on any atom is 0.0596 e. The van der Waals surface area contributed by atoms with Crippen molar-refractivity contribution in [2.75, 3.05) is 5.43 Å². The first kappa shape index (κ1) is 10.7. The molecule has 3 nitrogen and oxygen atoms in total. The molecule has 0 unspecified atom stereocenters. The normalized spacial score (nSPS) is 9.79. The molecule has 0 saturated carbocycles. The van der Waals surface area contributed by atoms with Gasteiger partial charge in [-0.15, -0.1) is 4.91 Å². The maximum absolute atomic E-state index is 9.98. The number of hydrogen-bond donors (Lipinski definition) is 1. The molecule has 0 aliphatic rings. The van der Waals surface area contributed by atoms with Gasteiger partial charge in [0.1, 0.15) is 0 Å². The van der Waals surface area contributed by atoms with Gasteiger partial charge in [0, 0.05) is 0 Å². The molecule has 76 valence electrons. The number of anilines is 1. The Morgan fingerprint density at radius 1 is 1.36 bits per heavy atom. The van der Waals surface area contributed by atoms with Crippen LogP contribution in [-0.2, 0) is 6.42 Å². The van der Waals surface area contributed by atoms with E-state index in [9.17, 15) is 4.91 Å². The van der Waals surface area contributed by atoms with Gasteiger partial charge in [-0.1, -0.05) is 31.9 Å². The highest BCUT2D eigenvalue weighted by molar-refractivity contribution is 5.44. The molecule has 1 aromatic rings. The summed E-state index contributed by atoms with van der Waals surface area (Å²) < 4.78 is 0. The van der Waals surface area contributed by atoms with Gasteiger partial charge in [0.05, 0.1) is 11.0 Å². The number of unbranched alkanes of at least 4 members (excludes halogenated alkanes) is 2. The average molecular weight is 192 g/mol. The molecule has 3 heteroatoms. The van der Waals surface area contributed by atoms with E-state index in [1.165, 1.54) is 24.8 Å². The Hall–Kier alpha value is -1.38. The highest BCUT2D eigenvalue weighted by atomic mass is 16.3. The summed E-state index contributed by atoms with van der Waals surface area (Å²) in [5.41, 5.74) is 4.44. The van der Waals surface area contributed by atoms with Crippen molar-refractivity contribution in [1.82, 2.24) is 0 Å². The van der Waals surface area contributed by atoms with Crippen LogP contribution in [0.15, 0.2) is 29.6 Å². The Morgan fingerprint density at radius 2 is 2.21 bits per heavy atom. The van der Waals surface area contributed by atoms with Crippen LogP contribution in [0.1, 0.15) is 31.7 Å². The zero-order chi connectivity index (χ0) is 10.2. The first-order valence-electron chi connectivity index (χ1n) is 5.04. The quantitative estimate of drug-likeness (QED) is 0.425. The van der Waals surface area contributed by atoms with Crippen molar-refractivity contribution in [3.63, 3.8) is 0 Å². The average Bonchev–Trinajstić information content (AvgIpc) is 2.19. The fraction of sp³-hybridized carbons (Fsp3) is 0.455. The molecule has 0 amide bonds. The fourth-order valence-electron chi connectivity index (χ4n) is 1.43. The molecule has 1 aromatic carbocycles. The molecule has 0 saturated heterocycles. The number of rotatable bonds is 6. The van der Waals surface area contributed by atoms with Crippen molar-refractivity contribution >= 4 is 5.69 Å². The van der Waals surface area contributed by atoms with E-state index in [0.29, 0.717) is 0 Å². The van der Waals surface area contributed by atoms with Crippen molar-refractivity contribution in [2.24, 2.45) is 5.29 Å². The highest BCUT2D eigenvalue weighted by Gasteiger charge is 1.95. The topological polar surface area (TPSA) is 41.5 Å². The standard InChI is InChI=1S/C11H16N2O/c1-2-3-4-6-10-7-5-8-11(9-10)12-13-14/h5,7-9H,2-4,6H2,1H3,(H,12,14). The summed E-state index contributed by atoms with van der Waals surface area (Å²) in [5, 5.41) is 2.64. The largest absolute Gasteiger partial charge is 0.242 e. The van der Waals surface area contributed by atoms with E-state index in [1.807, 2.05) is 18.2 Å². The van der Waals surface area contributed by atoms with Crippen molar-refractivity contribution in [1.29, 1.82) is 0 Å². The lowest BCUT2D eigenvalue weighted by atomic mass is 10.1. The molecular weight excluding hydrogens is 176 g/mol. The van der Waals surface area contributed by atoms with Crippen LogP contribution in [0, 0.1) is 4.91 Å². The molecule has 0 aromatic heterocycles. The fourth-order valence-corrected chi connectivity index (χ4v) is 1.43. The van der Waals surface area contributed by atoms with Crippen LogP contribution in [0.5, 0.6) is 0 Å². The predicted molar refractivity (Wildman–Crippen MR) is 59.1 cm³/mol. The van der Waals surface area contributed by atoms with E-state index in [0.717, 1.165) is 12.1 Å². The van der Waals surface area contributed by atoms with Crippen LogP contribution < -0.4 is 5.43 Å². The molecule has 0 spiro atoms. The second-order valence-electron chi connectivity index (χ2n) is 3.36. The van der Waals surface area contributed by atoms with Crippen LogP contribution in [-0.4, -0.2) is 0 Å². The van der Waals surface area contributed by atoms with Gasteiger partial charge in [-0.05, 0) is 30.5 Å². The molecule has 0 radical (unpaired) electrons. The van der Waals surface area contributed by atoms with Crippen molar-refractivity contribution in [3.8, 4) is 0 Å². The van der Waals surface area contributed by atoms with Gasteiger partial charge in [-0.2, -0.15) is 0 Å². The molecular formula is C11H16N2O. The summed E-state index contributed by atoms with van der Waals surface area (Å²) in [6, 6.07) is 7.82. The summed E-state index contributed by atoms with van der Waals surface area (Å²) in [5.74, 6) is 0. The first-order valence-corrected chi connectivity index (χ1v) is 5.04. The minimum Gasteiger partial charge on any atom is -0.242 e. The van der Waals surface area contributed by atoms with Crippen LogP contribution >= 0.6 is 0 Å². The Bertz CT molecular complexity index is 286. The van der Waals surface area contributed by atoms with E-state index >= 15 is 0 Å². The van der Waals surface area contributed by atoms with Gasteiger partial charge in [-0.25, -0.2) is 5.43 Å². The summed E-state index contributed by atoms with van der Waals surface area (Å²) in [7, 11) is 0. The van der Waals surface area contributed by atoms with Gasteiger partial charge in [0.15, 0.2) is 0 Å². The summed E-state index contributed by atoms with van der Waals surface area (Å²) >= 11 is 0. The number of nitrogens with zero attached hydrogens (tertiary/aromatic N) is 1. The summed E-state index contributed by atoms with van der Waals surface area (Å²) in [4.78, 5) is 9.98. The monoisotopic (exact) mass is 192 g/mol. The third kappa shape index (κ3) is 3.56. The first-order chi connectivity index (χ1) is 6.86. The number of nitroso groups, excluding NO2 is 1. The lowest BCUT2D eigenvalue weighted by Gasteiger charge is -2.02. The second-order valence-corrected chi connectivity index (χ2v) is 3.36. The smallest absolute Gasteiger partial charge is 0.0596 e. The SMILES string of the molecule is CCCCCc1cccc(NN=O)c1. The minimum absolute atomic E-state index is 0.772. The van der Waals surface area contributed by atoms with Crippen LogP contribution in [0.2, 0.25) is 0 Å². The molecule has 1 N–H and O–H groups in total. The van der Waals surface area contributed by atoms with Crippen LogP contribution in [0.3, 0.4) is 0 Å². The van der Waals surface area contributed by atoms with Gasteiger partial charge >= 0.3 is 0 Å². The third-order valence-electron chi connectivity index (χ3n) is 2.17. The summed E-state index contributed by atoms with van der Waals surface area (Å²) in [6.45, 7) is 2.19. The van der Waals surface area contributed by atoms with E-state index in [-0.39, 0.29) is 0 Å². The molecule has 0 atom stereocenters. The van der Waals surface area contributed by atoms with Crippen LogP contribution in [0.4, 0.5) is 5.69 Å². The van der Waals surface area contributed by atoms with E-state index < -0.39 is 0 Å². The molecule has 0 bridgehead atoms. The Labute approximate surface area is 84.5 Å². The van der Waals surface area contributed by atoms with Gasteiger partial charge in [-0.3, -0.25) is 0 Å². The highest BCUT2D eigenvalue weighted by Crippen LogP contribution is 2.13. The minimum atomic E-state index is 0.772. The lowest BCUT2D eigenvalue weighted by Crippen LogP contribution is -1.89. The Morgan fingerprint density at radius 3 is 2.93 bits per heavy atom. The number of benzene rings is 1. The van der Waals surface area contributed by atoms with Crippen molar-refractivity contribution < 1.29 is 0 Å². The summed E-state index contributed by atoms with van der Waals surface area (Å²) in [6.07, 6.45) is 4.76. The van der Waals surface area contributed by atoms with Gasteiger partial charge in [0.25, 0.3) is 0 Å². The van der Waals surface area contributed by atoms with Crippen molar-refractivity contribution in [2.45, 2.75) is 32.6 Å². The van der Waals surface area contributed by atoms with Crippen LogP contribution in [0.25, 0.3) is 0 Å². The number of nitrogens with one attached hydrogen (secondary N) is 1. The predicted octanol–water partition coefficient (Wildman–Crippen LogP) is 3.51. The molecule has 14 heavy (non-hydrogen) atoms. The van der Waals surface area contributed by atoms with E-state index in [4.69, 9.17) is 0 Å². The molecule has 0 fully saturated rings. The molecule has 0 aliphatic heterocycles. The third-order valence-corrected chi connectivity index (χ3v) is 2.17. The lowest BCUT2D eigenvalue weighted by molar-refractivity contribution is 0.717. The van der Waals surface area contributed by atoms with E-state index in [2.05, 4.69) is 23.7 Å². The number of hydrogen-bond acceptors (Lipinski definition) is 2. The number of aryl methyl sites for hydroxylation is 1. The zero-order valence-corrected chi connectivity index (χ0v) is 8.49. The molecule has 0 heterocycles. The van der Waals surface area contributed by atoms with Crippen molar-refractivity contribution in [3.05, 3.63) is 34.7 Å². The Balaban J connectivity index is 2.50. The second kappa shape index (κ2) is 6.13.